The van der Waals surface area contributed by atoms with Crippen LogP contribution in [0.25, 0.3) is 0 Å². The summed E-state index contributed by atoms with van der Waals surface area (Å²) in [5, 5.41) is 3.07. The van der Waals surface area contributed by atoms with Crippen LogP contribution in [0, 0.1) is 0 Å². The first-order valence-corrected chi connectivity index (χ1v) is 8.71. The molecule has 5 heteroatoms. The predicted molar refractivity (Wildman–Crippen MR) is 96.4 cm³/mol. The maximum absolute atomic E-state index is 12.5. The average Bonchev–Trinajstić information content (AvgIpc) is 3.21. The number of anilines is 1. The van der Waals surface area contributed by atoms with Crippen LogP contribution in [0.5, 0.6) is 0 Å². The highest BCUT2D eigenvalue weighted by atomic mass is 16.2. The van der Waals surface area contributed by atoms with E-state index in [1.807, 2.05) is 17.7 Å². The highest BCUT2D eigenvalue weighted by Gasteiger charge is 2.20. The van der Waals surface area contributed by atoms with Gasteiger partial charge in [-0.3, -0.25) is 4.79 Å². The fourth-order valence-electron chi connectivity index (χ4n) is 3.33. The van der Waals surface area contributed by atoms with Gasteiger partial charge in [0.15, 0.2) is 0 Å². The lowest BCUT2D eigenvalue weighted by Gasteiger charge is -2.21. The molecule has 2 aromatic rings. The molecule has 0 saturated carbocycles. The largest absolute Gasteiger partial charge is 0.369 e. The summed E-state index contributed by atoms with van der Waals surface area (Å²) in [6.45, 7) is 8.64. The molecule has 1 aromatic carbocycles. The molecule has 1 aromatic heterocycles. The van der Waals surface area contributed by atoms with Crippen LogP contribution in [-0.2, 0) is 11.2 Å². The van der Waals surface area contributed by atoms with Crippen molar-refractivity contribution in [1.29, 1.82) is 0 Å². The van der Waals surface area contributed by atoms with Crippen LogP contribution >= 0.6 is 0 Å². The molecule has 0 bridgehead atoms. The van der Waals surface area contributed by atoms with Gasteiger partial charge in [0, 0.05) is 43.6 Å². The van der Waals surface area contributed by atoms with E-state index in [0.717, 1.165) is 25.3 Å². The Morgan fingerprint density at radius 1 is 1.29 bits per heavy atom. The van der Waals surface area contributed by atoms with Gasteiger partial charge in [0.2, 0.25) is 5.91 Å². The summed E-state index contributed by atoms with van der Waals surface area (Å²) in [4.78, 5) is 19.2. The van der Waals surface area contributed by atoms with Gasteiger partial charge in [-0.15, -0.1) is 0 Å². The van der Waals surface area contributed by atoms with Gasteiger partial charge in [-0.25, -0.2) is 4.98 Å². The van der Waals surface area contributed by atoms with Crippen LogP contribution in [0.15, 0.2) is 36.7 Å². The molecule has 1 atom stereocenters. The summed E-state index contributed by atoms with van der Waals surface area (Å²) < 4.78 is 1.96. The maximum atomic E-state index is 12.5. The standard InChI is InChI=1S/C19H26N4O/c1-14(2)18-20-10-13-23(18)15(3)19(24)21-9-12-22-11-8-16-6-4-5-7-17(16)22/h4-7,10,13-15H,8-9,11-12H2,1-3H3,(H,21,24). The lowest BCUT2D eigenvalue weighted by atomic mass is 10.2. The fraction of sp³-hybridized carbons (Fsp3) is 0.474. The Morgan fingerprint density at radius 2 is 2.08 bits per heavy atom. The predicted octanol–water partition coefficient (Wildman–Crippen LogP) is 2.75. The highest BCUT2D eigenvalue weighted by molar-refractivity contribution is 5.80. The summed E-state index contributed by atoms with van der Waals surface area (Å²) in [6.07, 6.45) is 4.74. The van der Waals surface area contributed by atoms with E-state index in [1.54, 1.807) is 6.20 Å². The van der Waals surface area contributed by atoms with Crippen LogP contribution in [0.1, 0.15) is 44.1 Å². The Kier molecular flexibility index (Phi) is 4.88. The summed E-state index contributed by atoms with van der Waals surface area (Å²) in [5.74, 6) is 1.30. The maximum Gasteiger partial charge on any atom is 0.242 e. The molecule has 3 rings (SSSR count). The number of aromatic nitrogens is 2. The number of hydrogen-bond donors (Lipinski definition) is 1. The fourth-order valence-corrected chi connectivity index (χ4v) is 3.33. The summed E-state index contributed by atoms with van der Waals surface area (Å²) >= 11 is 0. The van der Waals surface area contributed by atoms with E-state index in [9.17, 15) is 4.79 Å². The number of nitrogens with one attached hydrogen (secondary N) is 1. The molecular formula is C19H26N4O. The van der Waals surface area contributed by atoms with E-state index in [2.05, 4.69) is 53.3 Å². The van der Waals surface area contributed by atoms with Crippen molar-refractivity contribution in [1.82, 2.24) is 14.9 Å². The summed E-state index contributed by atoms with van der Waals surface area (Å²) in [7, 11) is 0. The van der Waals surface area contributed by atoms with Crippen molar-refractivity contribution in [3.63, 3.8) is 0 Å². The van der Waals surface area contributed by atoms with Crippen molar-refractivity contribution in [2.75, 3.05) is 24.5 Å². The minimum atomic E-state index is -0.240. The van der Waals surface area contributed by atoms with Crippen molar-refractivity contribution < 1.29 is 4.79 Å². The second-order valence-corrected chi connectivity index (χ2v) is 6.68. The first-order chi connectivity index (χ1) is 11.6. The highest BCUT2D eigenvalue weighted by Crippen LogP contribution is 2.26. The number of fused-ring (bicyclic) bond motifs is 1. The molecule has 0 aliphatic carbocycles. The molecule has 1 unspecified atom stereocenters. The molecular weight excluding hydrogens is 300 g/mol. The van der Waals surface area contributed by atoms with Crippen LogP contribution in [-0.4, -0.2) is 35.1 Å². The molecule has 1 aliphatic heterocycles. The third-order valence-corrected chi connectivity index (χ3v) is 4.68. The first-order valence-electron chi connectivity index (χ1n) is 8.71. The van der Waals surface area contributed by atoms with Crippen molar-refractivity contribution in [3.8, 4) is 0 Å². The minimum Gasteiger partial charge on any atom is -0.369 e. The number of hydrogen-bond acceptors (Lipinski definition) is 3. The lowest BCUT2D eigenvalue weighted by Crippen LogP contribution is -2.37. The Morgan fingerprint density at radius 3 is 2.88 bits per heavy atom. The molecule has 1 N–H and O–H groups in total. The van der Waals surface area contributed by atoms with Gasteiger partial charge >= 0.3 is 0 Å². The second kappa shape index (κ2) is 7.07. The van der Waals surface area contributed by atoms with Crippen molar-refractivity contribution in [3.05, 3.63) is 48.0 Å². The third kappa shape index (κ3) is 3.30. The van der Waals surface area contributed by atoms with Gasteiger partial charge in [0.05, 0.1) is 0 Å². The molecule has 1 aliphatic rings. The SMILES string of the molecule is CC(C)c1nccn1C(C)C(=O)NCCN1CCc2ccccc21. The summed E-state index contributed by atoms with van der Waals surface area (Å²) in [6, 6.07) is 8.26. The van der Waals surface area contributed by atoms with Crippen LogP contribution in [0.2, 0.25) is 0 Å². The number of amides is 1. The first kappa shape index (κ1) is 16.6. The normalized spacial score (nSPS) is 14.8. The molecule has 0 radical (unpaired) electrons. The monoisotopic (exact) mass is 326 g/mol. The van der Waals surface area contributed by atoms with E-state index in [1.165, 1.54) is 11.3 Å². The molecule has 2 heterocycles. The zero-order valence-corrected chi connectivity index (χ0v) is 14.7. The number of para-hydroxylation sites is 1. The zero-order chi connectivity index (χ0) is 17.1. The topological polar surface area (TPSA) is 50.2 Å². The van der Waals surface area contributed by atoms with Gasteiger partial charge in [-0.2, -0.15) is 0 Å². The quantitative estimate of drug-likeness (QED) is 0.888. The number of rotatable bonds is 6. The van der Waals surface area contributed by atoms with Crippen LogP contribution < -0.4 is 10.2 Å². The van der Waals surface area contributed by atoms with Gasteiger partial charge < -0.3 is 14.8 Å². The molecule has 0 saturated heterocycles. The second-order valence-electron chi connectivity index (χ2n) is 6.68. The third-order valence-electron chi connectivity index (χ3n) is 4.68. The molecule has 0 spiro atoms. The van der Waals surface area contributed by atoms with Gasteiger partial charge in [0.1, 0.15) is 11.9 Å². The Bertz CT molecular complexity index is 707. The number of carbonyl (C=O) groups excluding carboxylic acids is 1. The Balaban J connectivity index is 1.54. The van der Waals surface area contributed by atoms with E-state index in [-0.39, 0.29) is 11.9 Å². The van der Waals surface area contributed by atoms with E-state index >= 15 is 0 Å². The van der Waals surface area contributed by atoms with Crippen molar-refractivity contribution in [2.45, 2.75) is 39.2 Å². The molecule has 24 heavy (non-hydrogen) atoms. The van der Waals surface area contributed by atoms with E-state index in [0.29, 0.717) is 12.5 Å². The van der Waals surface area contributed by atoms with Crippen molar-refractivity contribution in [2.24, 2.45) is 0 Å². The Hall–Kier alpha value is -2.30. The smallest absolute Gasteiger partial charge is 0.242 e. The molecule has 128 valence electrons. The number of carbonyl (C=O) groups is 1. The van der Waals surface area contributed by atoms with Gasteiger partial charge in [-0.1, -0.05) is 32.0 Å². The van der Waals surface area contributed by atoms with Gasteiger partial charge in [0.25, 0.3) is 0 Å². The average molecular weight is 326 g/mol. The van der Waals surface area contributed by atoms with Crippen molar-refractivity contribution >= 4 is 11.6 Å². The van der Waals surface area contributed by atoms with E-state index < -0.39 is 0 Å². The number of imidazole rings is 1. The molecule has 5 nitrogen and oxygen atoms in total. The summed E-state index contributed by atoms with van der Waals surface area (Å²) in [5.41, 5.74) is 2.70. The van der Waals surface area contributed by atoms with E-state index in [4.69, 9.17) is 0 Å². The lowest BCUT2D eigenvalue weighted by molar-refractivity contribution is -0.123. The molecule has 0 fully saturated rings. The van der Waals surface area contributed by atoms with Crippen LogP contribution in [0.4, 0.5) is 5.69 Å². The zero-order valence-electron chi connectivity index (χ0n) is 14.7. The molecule has 1 amide bonds. The Labute approximate surface area is 143 Å². The number of nitrogens with zero attached hydrogens (tertiary/aromatic N) is 3. The minimum absolute atomic E-state index is 0.0439. The van der Waals surface area contributed by atoms with Gasteiger partial charge in [-0.05, 0) is 25.0 Å². The number of benzene rings is 1. The van der Waals surface area contributed by atoms with Crippen LogP contribution in [0.3, 0.4) is 0 Å².